The van der Waals surface area contributed by atoms with Gasteiger partial charge >= 0.3 is 0 Å². The van der Waals surface area contributed by atoms with Gasteiger partial charge in [-0.2, -0.15) is 0 Å². The average Bonchev–Trinajstić information content (AvgIpc) is 2.49. The van der Waals surface area contributed by atoms with Crippen LogP contribution in [-0.4, -0.2) is 7.05 Å². The molecule has 2 aromatic rings. The van der Waals surface area contributed by atoms with Crippen molar-refractivity contribution in [2.24, 2.45) is 0 Å². The second-order valence-electron chi connectivity index (χ2n) is 4.86. The molecule has 0 saturated heterocycles. The minimum absolute atomic E-state index is 0.204. The SMILES string of the molecule is CNC(CCCc1cccc(Cl)c1F)c1ccccc1. The van der Waals surface area contributed by atoms with E-state index in [0.717, 1.165) is 12.8 Å². The molecule has 106 valence electrons. The van der Waals surface area contributed by atoms with Crippen molar-refractivity contribution in [2.45, 2.75) is 25.3 Å². The van der Waals surface area contributed by atoms with Crippen LogP contribution in [0.2, 0.25) is 5.02 Å². The van der Waals surface area contributed by atoms with Gasteiger partial charge in [0, 0.05) is 6.04 Å². The molecule has 1 atom stereocenters. The first-order chi connectivity index (χ1) is 9.72. The molecule has 0 fully saturated rings. The van der Waals surface area contributed by atoms with Crippen molar-refractivity contribution in [3.05, 3.63) is 70.5 Å². The second-order valence-corrected chi connectivity index (χ2v) is 5.26. The van der Waals surface area contributed by atoms with Crippen LogP contribution in [0.5, 0.6) is 0 Å². The van der Waals surface area contributed by atoms with Gasteiger partial charge in [0.2, 0.25) is 0 Å². The highest BCUT2D eigenvalue weighted by Gasteiger charge is 2.10. The standard InChI is InChI=1S/C17H19ClFN/c1-20-16(13-7-3-2-4-8-13)12-6-10-14-9-5-11-15(18)17(14)19/h2-5,7-9,11,16,20H,6,10,12H2,1H3. The maximum atomic E-state index is 13.8. The molecule has 2 rings (SSSR count). The van der Waals surface area contributed by atoms with Gasteiger partial charge in [-0.05, 0) is 43.5 Å². The van der Waals surface area contributed by atoms with Crippen molar-refractivity contribution in [2.75, 3.05) is 7.05 Å². The molecule has 3 heteroatoms. The quantitative estimate of drug-likeness (QED) is 0.809. The predicted octanol–water partition coefficient (Wildman–Crippen LogP) is 4.76. The third-order valence-corrected chi connectivity index (χ3v) is 3.81. The van der Waals surface area contributed by atoms with Crippen LogP contribution in [-0.2, 0) is 6.42 Å². The molecular formula is C17H19ClFN. The van der Waals surface area contributed by atoms with Gasteiger partial charge < -0.3 is 5.32 Å². The molecule has 0 radical (unpaired) electrons. The molecule has 0 aliphatic heterocycles. The monoisotopic (exact) mass is 291 g/mol. The largest absolute Gasteiger partial charge is 0.313 e. The summed E-state index contributed by atoms with van der Waals surface area (Å²) < 4.78 is 13.8. The van der Waals surface area contributed by atoms with E-state index in [1.54, 1.807) is 18.2 Å². The van der Waals surface area contributed by atoms with Crippen molar-refractivity contribution in [1.82, 2.24) is 5.32 Å². The van der Waals surface area contributed by atoms with Crippen LogP contribution in [0.25, 0.3) is 0 Å². The van der Waals surface area contributed by atoms with Crippen LogP contribution < -0.4 is 5.32 Å². The van der Waals surface area contributed by atoms with Crippen LogP contribution in [0.15, 0.2) is 48.5 Å². The molecule has 1 nitrogen and oxygen atoms in total. The third-order valence-electron chi connectivity index (χ3n) is 3.52. The first-order valence-electron chi connectivity index (χ1n) is 6.87. The Morgan fingerprint density at radius 1 is 1.10 bits per heavy atom. The highest BCUT2D eigenvalue weighted by molar-refractivity contribution is 6.30. The zero-order chi connectivity index (χ0) is 14.4. The molecule has 0 amide bonds. The molecule has 2 aromatic carbocycles. The summed E-state index contributed by atoms with van der Waals surface area (Å²) in [6.45, 7) is 0. The van der Waals surface area contributed by atoms with Gasteiger partial charge in [0.15, 0.2) is 0 Å². The van der Waals surface area contributed by atoms with Crippen LogP contribution in [0, 0.1) is 5.82 Å². The third kappa shape index (κ3) is 3.81. The molecule has 1 unspecified atom stereocenters. The van der Waals surface area contributed by atoms with Gasteiger partial charge in [-0.15, -0.1) is 0 Å². The van der Waals surface area contributed by atoms with Crippen LogP contribution in [0.1, 0.15) is 30.0 Å². The molecule has 1 N–H and O–H groups in total. The predicted molar refractivity (Wildman–Crippen MR) is 82.6 cm³/mol. The topological polar surface area (TPSA) is 12.0 Å². The van der Waals surface area contributed by atoms with Gasteiger partial charge in [-0.3, -0.25) is 0 Å². The number of aryl methyl sites for hydroxylation is 1. The fraction of sp³-hybridized carbons (Fsp3) is 0.294. The summed E-state index contributed by atoms with van der Waals surface area (Å²) in [7, 11) is 1.96. The minimum atomic E-state index is -0.283. The van der Waals surface area contributed by atoms with Crippen LogP contribution in [0.3, 0.4) is 0 Å². The Morgan fingerprint density at radius 2 is 1.85 bits per heavy atom. The Kier molecular flexibility index (Phi) is 5.57. The van der Waals surface area contributed by atoms with Crippen molar-refractivity contribution in [3.63, 3.8) is 0 Å². The summed E-state index contributed by atoms with van der Waals surface area (Å²) in [5.41, 5.74) is 1.96. The number of hydrogen-bond donors (Lipinski definition) is 1. The smallest absolute Gasteiger partial charge is 0.144 e. The lowest BCUT2D eigenvalue weighted by atomic mass is 9.99. The molecule has 20 heavy (non-hydrogen) atoms. The van der Waals surface area contributed by atoms with E-state index >= 15 is 0 Å². The molecule has 0 bridgehead atoms. The highest BCUT2D eigenvalue weighted by atomic mass is 35.5. The molecule has 0 heterocycles. The Hall–Kier alpha value is -1.38. The fourth-order valence-electron chi connectivity index (χ4n) is 2.40. The summed E-state index contributed by atoms with van der Waals surface area (Å²) in [5.74, 6) is -0.283. The van der Waals surface area contributed by atoms with Crippen molar-refractivity contribution in [3.8, 4) is 0 Å². The Bertz CT molecular complexity index is 542. The molecule has 0 aliphatic rings. The summed E-state index contributed by atoms with van der Waals surface area (Å²) in [6, 6.07) is 15.8. The zero-order valence-electron chi connectivity index (χ0n) is 11.6. The van der Waals surface area contributed by atoms with E-state index in [9.17, 15) is 4.39 Å². The first-order valence-corrected chi connectivity index (χ1v) is 7.25. The van der Waals surface area contributed by atoms with E-state index < -0.39 is 0 Å². The summed E-state index contributed by atoms with van der Waals surface area (Å²) in [6.07, 6.45) is 2.58. The Labute approximate surface area is 124 Å². The van der Waals surface area contributed by atoms with E-state index in [2.05, 4.69) is 17.4 Å². The molecule has 0 spiro atoms. The number of hydrogen-bond acceptors (Lipinski definition) is 1. The minimum Gasteiger partial charge on any atom is -0.313 e. The van der Waals surface area contributed by atoms with Crippen LogP contribution >= 0.6 is 11.6 Å². The first kappa shape index (κ1) is 15.0. The summed E-state index contributed by atoms with van der Waals surface area (Å²) in [4.78, 5) is 0. The van der Waals surface area contributed by atoms with Crippen molar-refractivity contribution < 1.29 is 4.39 Å². The molecule has 0 aliphatic carbocycles. The second kappa shape index (κ2) is 7.41. The molecule has 0 aromatic heterocycles. The Balaban J connectivity index is 1.93. The van der Waals surface area contributed by atoms with E-state index in [4.69, 9.17) is 11.6 Å². The summed E-state index contributed by atoms with van der Waals surface area (Å²) in [5, 5.41) is 3.52. The average molecular weight is 292 g/mol. The van der Waals surface area contributed by atoms with E-state index in [-0.39, 0.29) is 10.8 Å². The number of halogens is 2. The molecule has 0 saturated carbocycles. The maximum absolute atomic E-state index is 13.8. The number of nitrogens with one attached hydrogen (secondary N) is 1. The van der Waals surface area contributed by atoms with Gasteiger partial charge in [0.05, 0.1) is 5.02 Å². The lowest BCUT2D eigenvalue weighted by Gasteiger charge is -2.16. The summed E-state index contributed by atoms with van der Waals surface area (Å²) >= 11 is 5.79. The van der Waals surface area contributed by atoms with Crippen molar-refractivity contribution >= 4 is 11.6 Å². The lowest BCUT2D eigenvalue weighted by molar-refractivity contribution is 0.520. The van der Waals surface area contributed by atoms with Gasteiger partial charge in [0.25, 0.3) is 0 Å². The van der Waals surface area contributed by atoms with E-state index in [1.807, 2.05) is 25.2 Å². The zero-order valence-corrected chi connectivity index (χ0v) is 12.3. The fourth-order valence-corrected chi connectivity index (χ4v) is 2.60. The lowest BCUT2D eigenvalue weighted by Crippen LogP contribution is -2.16. The normalized spacial score (nSPS) is 12.3. The highest BCUT2D eigenvalue weighted by Crippen LogP contribution is 2.22. The maximum Gasteiger partial charge on any atom is 0.144 e. The van der Waals surface area contributed by atoms with E-state index in [0.29, 0.717) is 18.0 Å². The van der Waals surface area contributed by atoms with Gasteiger partial charge in [-0.1, -0.05) is 54.1 Å². The van der Waals surface area contributed by atoms with Gasteiger partial charge in [-0.25, -0.2) is 4.39 Å². The number of rotatable bonds is 6. The van der Waals surface area contributed by atoms with Gasteiger partial charge in [0.1, 0.15) is 5.82 Å². The van der Waals surface area contributed by atoms with Crippen molar-refractivity contribution in [1.29, 1.82) is 0 Å². The number of benzene rings is 2. The molecular weight excluding hydrogens is 273 g/mol. The Morgan fingerprint density at radius 3 is 2.55 bits per heavy atom. The van der Waals surface area contributed by atoms with Crippen LogP contribution in [0.4, 0.5) is 4.39 Å². The van der Waals surface area contributed by atoms with E-state index in [1.165, 1.54) is 5.56 Å².